The van der Waals surface area contributed by atoms with Gasteiger partial charge in [0.1, 0.15) is 11.5 Å². The molecule has 4 N–H and O–H groups in total. The van der Waals surface area contributed by atoms with Crippen molar-refractivity contribution in [2.75, 3.05) is 29.5 Å². The highest BCUT2D eigenvalue weighted by molar-refractivity contribution is 6.10. The maximum atomic E-state index is 11.6. The highest BCUT2D eigenvalue weighted by Crippen LogP contribution is 2.36. The average Bonchev–Trinajstić information content (AvgIpc) is 2.67. The van der Waals surface area contributed by atoms with E-state index in [2.05, 4.69) is 39.9 Å². The molecule has 2 aromatic carbocycles. The van der Waals surface area contributed by atoms with E-state index in [1.54, 1.807) is 13.0 Å². The van der Waals surface area contributed by atoms with E-state index < -0.39 is 6.09 Å². The molecule has 0 unspecified atom stereocenters. The Bertz CT molecular complexity index is 1060. The molecule has 0 bridgehead atoms. The Labute approximate surface area is 156 Å². The van der Waals surface area contributed by atoms with E-state index in [9.17, 15) is 4.79 Å². The smallest absolute Gasteiger partial charge is 0.412 e. The lowest BCUT2D eigenvalue weighted by atomic mass is 10.0. The van der Waals surface area contributed by atoms with Crippen molar-refractivity contribution in [3.8, 4) is 0 Å². The number of nitrogens with two attached hydrogens (primary N) is 1. The summed E-state index contributed by atoms with van der Waals surface area (Å²) in [5.74, 6) is 0.561. The lowest BCUT2D eigenvalue weighted by Crippen LogP contribution is -2.20. The number of amides is 1. The molecule has 0 saturated carbocycles. The fraction of sp³-hybridized carbons (Fsp3) is 0.150. The van der Waals surface area contributed by atoms with Gasteiger partial charge in [-0.05, 0) is 29.3 Å². The Kier molecular flexibility index (Phi) is 4.33. The van der Waals surface area contributed by atoms with Crippen LogP contribution in [0.4, 0.5) is 27.8 Å². The highest BCUT2D eigenvalue weighted by Gasteiger charge is 2.18. The Morgan fingerprint density at radius 2 is 2.04 bits per heavy atom. The third kappa shape index (κ3) is 3.39. The van der Waals surface area contributed by atoms with Crippen molar-refractivity contribution in [3.05, 3.63) is 54.1 Å². The van der Waals surface area contributed by atoms with Crippen molar-refractivity contribution in [2.24, 2.45) is 4.99 Å². The third-order valence-electron chi connectivity index (χ3n) is 4.30. The molecule has 2 heterocycles. The normalized spacial score (nSPS) is 12.7. The first kappa shape index (κ1) is 16.8. The van der Waals surface area contributed by atoms with Crippen LogP contribution in [0.5, 0.6) is 0 Å². The molecular weight excluding hydrogens is 342 g/mol. The van der Waals surface area contributed by atoms with Gasteiger partial charge in [-0.25, -0.2) is 14.8 Å². The van der Waals surface area contributed by atoms with E-state index in [-0.39, 0.29) is 12.4 Å². The summed E-state index contributed by atoms with van der Waals surface area (Å²) in [6.07, 6.45) is -0.569. The monoisotopic (exact) mass is 361 g/mol. The van der Waals surface area contributed by atoms with E-state index in [0.717, 1.165) is 22.3 Å². The summed E-state index contributed by atoms with van der Waals surface area (Å²) in [5, 5.41) is 8.20. The number of hydrogen-bond donors (Lipinski definition) is 3. The molecule has 0 spiro atoms. The SMILES string of the molecule is CCOC(=O)Nc1cc2c(c(N)n1)N=C(c1ccc3ccccc3c1)CN2. The summed E-state index contributed by atoms with van der Waals surface area (Å²) >= 11 is 0. The first-order chi connectivity index (χ1) is 13.1. The largest absolute Gasteiger partial charge is 0.450 e. The number of anilines is 3. The zero-order valence-corrected chi connectivity index (χ0v) is 14.8. The summed E-state index contributed by atoms with van der Waals surface area (Å²) in [4.78, 5) is 20.5. The topological polar surface area (TPSA) is 102 Å². The minimum atomic E-state index is -0.569. The molecule has 7 nitrogen and oxygen atoms in total. The molecule has 4 rings (SSSR count). The zero-order valence-electron chi connectivity index (χ0n) is 14.8. The van der Waals surface area contributed by atoms with Gasteiger partial charge >= 0.3 is 6.09 Å². The highest BCUT2D eigenvalue weighted by atomic mass is 16.5. The maximum Gasteiger partial charge on any atom is 0.412 e. The van der Waals surface area contributed by atoms with Gasteiger partial charge in [-0.15, -0.1) is 0 Å². The van der Waals surface area contributed by atoms with Gasteiger partial charge in [0.2, 0.25) is 0 Å². The average molecular weight is 361 g/mol. The van der Waals surface area contributed by atoms with E-state index in [0.29, 0.717) is 18.1 Å². The van der Waals surface area contributed by atoms with Crippen LogP contribution in [0.1, 0.15) is 12.5 Å². The van der Waals surface area contributed by atoms with Crippen molar-refractivity contribution in [1.29, 1.82) is 0 Å². The van der Waals surface area contributed by atoms with E-state index >= 15 is 0 Å². The molecule has 0 saturated heterocycles. The van der Waals surface area contributed by atoms with Gasteiger partial charge in [0.05, 0.1) is 24.6 Å². The molecule has 0 fully saturated rings. The van der Waals surface area contributed by atoms with Crippen LogP contribution in [0.25, 0.3) is 10.8 Å². The molecule has 1 aliphatic heterocycles. The summed E-state index contributed by atoms with van der Waals surface area (Å²) in [7, 11) is 0. The minimum Gasteiger partial charge on any atom is -0.450 e. The third-order valence-corrected chi connectivity index (χ3v) is 4.30. The molecule has 27 heavy (non-hydrogen) atoms. The number of nitrogen functional groups attached to an aromatic ring is 1. The van der Waals surface area contributed by atoms with Crippen LogP contribution in [0.15, 0.2) is 53.5 Å². The minimum absolute atomic E-state index is 0.241. The van der Waals surface area contributed by atoms with Gasteiger partial charge < -0.3 is 15.8 Å². The summed E-state index contributed by atoms with van der Waals surface area (Å²) in [5.41, 5.74) is 9.27. The van der Waals surface area contributed by atoms with Crippen LogP contribution >= 0.6 is 0 Å². The standard InChI is InChI=1S/C20H19N5O2/c1-2-27-20(26)25-17-10-15-18(19(21)24-17)23-16(11-22-15)14-8-7-12-5-3-4-6-13(12)9-14/h3-10,22H,2,11H2,1H3,(H3,21,24,25,26). The van der Waals surface area contributed by atoms with Crippen molar-refractivity contribution in [1.82, 2.24) is 4.98 Å². The molecule has 1 aliphatic rings. The lowest BCUT2D eigenvalue weighted by Gasteiger charge is -2.20. The van der Waals surface area contributed by atoms with Crippen molar-refractivity contribution >= 4 is 45.6 Å². The van der Waals surface area contributed by atoms with E-state index in [1.807, 2.05) is 18.2 Å². The molecular formula is C20H19N5O2. The molecule has 7 heteroatoms. The lowest BCUT2D eigenvalue weighted by molar-refractivity contribution is 0.168. The second-order valence-electron chi connectivity index (χ2n) is 6.11. The molecule has 1 aromatic heterocycles. The number of nitrogens with one attached hydrogen (secondary N) is 2. The Morgan fingerprint density at radius 1 is 1.22 bits per heavy atom. The van der Waals surface area contributed by atoms with Crippen LogP contribution < -0.4 is 16.4 Å². The number of benzene rings is 2. The number of carbonyl (C=O) groups is 1. The molecule has 136 valence electrons. The van der Waals surface area contributed by atoms with Gasteiger partial charge in [0.25, 0.3) is 0 Å². The van der Waals surface area contributed by atoms with Crippen LogP contribution in [0.3, 0.4) is 0 Å². The molecule has 0 aliphatic carbocycles. The Morgan fingerprint density at radius 3 is 2.85 bits per heavy atom. The van der Waals surface area contributed by atoms with Crippen molar-refractivity contribution in [3.63, 3.8) is 0 Å². The molecule has 1 amide bonds. The van der Waals surface area contributed by atoms with Crippen LogP contribution in [0.2, 0.25) is 0 Å². The molecule has 3 aromatic rings. The van der Waals surface area contributed by atoms with Gasteiger partial charge in [-0.3, -0.25) is 5.32 Å². The first-order valence-corrected chi connectivity index (χ1v) is 8.69. The molecule has 0 atom stereocenters. The maximum absolute atomic E-state index is 11.6. The number of aromatic nitrogens is 1. The Hall–Kier alpha value is -3.61. The number of aliphatic imine (C=N–C) groups is 1. The van der Waals surface area contributed by atoms with Gasteiger partial charge in [0.15, 0.2) is 5.82 Å². The van der Waals surface area contributed by atoms with E-state index in [4.69, 9.17) is 15.5 Å². The number of pyridine rings is 1. The number of hydrogen-bond acceptors (Lipinski definition) is 6. The predicted molar refractivity (Wildman–Crippen MR) is 108 cm³/mol. The number of ether oxygens (including phenoxy) is 1. The number of fused-ring (bicyclic) bond motifs is 2. The summed E-state index contributed by atoms with van der Waals surface area (Å²) in [6, 6.07) is 16.1. The zero-order chi connectivity index (χ0) is 18.8. The predicted octanol–water partition coefficient (Wildman–Crippen LogP) is 3.93. The number of nitrogens with zero attached hydrogens (tertiary/aromatic N) is 2. The van der Waals surface area contributed by atoms with Crippen LogP contribution in [-0.2, 0) is 4.74 Å². The van der Waals surface area contributed by atoms with Gasteiger partial charge in [-0.1, -0.05) is 36.4 Å². The van der Waals surface area contributed by atoms with Crippen LogP contribution in [-0.4, -0.2) is 29.9 Å². The van der Waals surface area contributed by atoms with Crippen LogP contribution in [0, 0.1) is 0 Å². The second kappa shape index (κ2) is 6.95. The fourth-order valence-corrected chi connectivity index (χ4v) is 3.03. The fourth-order valence-electron chi connectivity index (χ4n) is 3.03. The first-order valence-electron chi connectivity index (χ1n) is 8.69. The van der Waals surface area contributed by atoms with E-state index in [1.165, 1.54) is 5.39 Å². The number of rotatable bonds is 3. The summed E-state index contributed by atoms with van der Waals surface area (Å²) in [6.45, 7) is 2.57. The van der Waals surface area contributed by atoms with Crippen molar-refractivity contribution < 1.29 is 9.53 Å². The Balaban J connectivity index is 1.66. The van der Waals surface area contributed by atoms with Crippen molar-refractivity contribution in [2.45, 2.75) is 6.92 Å². The molecule has 0 radical (unpaired) electrons. The second-order valence-corrected chi connectivity index (χ2v) is 6.11. The number of carbonyl (C=O) groups excluding carboxylic acids is 1. The quantitative estimate of drug-likeness (QED) is 0.656. The van der Waals surface area contributed by atoms with Gasteiger partial charge in [0, 0.05) is 6.07 Å². The van der Waals surface area contributed by atoms with Gasteiger partial charge in [-0.2, -0.15) is 0 Å². The summed E-state index contributed by atoms with van der Waals surface area (Å²) < 4.78 is 4.86.